The fourth-order valence-electron chi connectivity index (χ4n) is 3.31. The third-order valence-electron chi connectivity index (χ3n) is 4.83. The summed E-state index contributed by atoms with van der Waals surface area (Å²) in [5.74, 6) is -0.620. The molecule has 0 aliphatic heterocycles. The number of hydrogen-bond acceptors (Lipinski definition) is 6. The van der Waals surface area contributed by atoms with Gasteiger partial charge in [-0.25, -0.2) is 9.59 Å². The largest absolute Gasteiger partial charge is 0.491 e. The lowest BCUT2D eigenvalue weighted by Crippen LogP contribution is -2.27. The van der Waals surface area contributed by atoms with Gasteiger partial charge in [-0.3, -0.25) is 5.32 Å². The van der Waals surface area contributed by atoms with Crippen molar-refractivity contribution in [3.63, 3.8) is 0 Å². The monoisotopic (exact) mass is 451 g/mol. The topological polar surface area (TPSA) is 114 Å². The normalized spacial score (nSPS) is 12.9. The van der Waals surface area contributed by atoms with Gasteiger partial charge in [-0.1, -0.05) is 48.5 Å². The average Bonchev–Trinajstić information content (AvgIpc) is 2.83. The fourth-order valence-corrected chi connectivity index (χ4v) is 3.31. The molecule has 0 heterocycles. The Morgan fingerprint density at radius 3 is 2.45 bits per heavy atom. The maximum atomic E-state index is 12.8. The van der Waals surface area contributed by atoms with Crippen molar-refractivity contribution < 1.29 is 34.0 Å². The molecule has 33 heavy (non-hydrogen) atoms. The predicted octanol–water partition coefficient (Wildman–Crippen LogP) is 4.16. The van der Waals surface area contributed by atoms with E-state index in [2.05, 4.69) is 5.32 Å². The van der Waals surface area contributed by atoms with Crippen LogP contribution >= 0.6 is 0 Å². The van der Waals surface area contributed by atoms with E-state index in [9.17, 15) is 9.59 Å². The van der Waals surface area contributed by atoms with E-state index < -0.39 is 24.3 Å². The molecule has 2 atom stereocenters. The number of fused-ring (bicyclic) bond motifs is 1. The summed E-state index contributed by atoms with van der Waals surface area (Å²) in [5.41, 5.74) is 1.15. The molecule has 8 nitrogen and oxygen atoms in total. The Labute approximate surface area is 191 Å². The lowest BCUT2D eigenvalue weighted by molar-refractivity contribution is -0.131. The van der Waals surface area contributed by atoms with Crippen molar-refractivity contribution in [1.82, 2.24) is 0 Å². The van der Waals surface area contributed by atoms with Gasteiger partial charge in [0.1, 0.15) is 18.5 Å². The smallest absolute Gasteiger partial charge is 0.412 e. The van der Waals surface area contributed by atoms with Gasteiger partial charge in [0.2, 0.25) is 0 Å². The first kappa shape index (κ1) is 23.8. The molecule has 0 aliphatic carbocycles. The molecule has 3 rings (SSSR count). The van der Waals surface area contributed by atoms with Gasteiger partial charge in [-0.05, 0) is 35.2 Å². The minimum absolute atomic E-state index is 0.118. The Kier molecular flexibility index (Phi) is 8.40. The Bertz CT molecular complexity index is 1110. The van der Waals surface area contributed by atoms with Crippen LogP contribution in [0.25, 0.3) is 10.8 Å². The molecule has 0 spiro atoms. The summed E-state index contributed by atoms with van der Waals surface area (Å²) in [6, 6.07) is 19.8. The molecule has 3 N–H and O–H groups in total. The summed E-state index contributed by atoms with van der Waals surface area (Å²) in [6.07, 6.45) is -0.265. The number of aliphatic carboxylic acids is 1. The quantitative estimate of drug-likeness (QED) is 0.397. The molecule has 0 aromatic heterocycles. The second kappa shape index (κ2) is 11.7. The number of carbonyl (C=O) groups is 2. The van der Waals surface area contributed by atoms with E-state index in [1.54, 1.807) is 30.3 Å². The molecule has 3 aromatic carbocycles. The summed E-state index contributed by atoms with van der Waals surface area (Å²) in [5, 5.41) is 22.5. The number of ether oxygens (including phenoxy) is 3. The van der Waals surface area contributed by atoms with Gasteiger partial charge in [0.15, 0.2) is 6.10 Å². The number of rotatable bonds is 10. The maximum Gasteiger partial charge on any atom is 0.412 e. The number of anilines is 1. The zero-order chi connectivity index (χ0) is 23.6. The summed E-state index contributed by atoms with van der Waals surface area (Å²) in [7, 11) is 1.40. The molecule has 8 heteroatoms. The van der Waals surface area contributed by atoms with Crippen LogP contribution in [0.5, 0.6) is 5.75 Å². The third kappa shape index (κ3) is 6.55. The van der Waals surface area contributed by atoms with Crippen molar-refractivity contribution in [3.05, 3.63) is 84.4 Å². The van der Waals surface area contributed by atoms with Crippen molar-refractivity contribution in [3.8, 4) is 5.75 Å². The third-order valence-corrected chi connectivity index (χ3v) is 4.83. The number of carboxylic acids is 1. The van der Waals surface area contributed by atoms with Gasteiger partial charge in [0.25, 0.3) is 0 Å². The highest BCUT2D eigenvalue weighted by Gasteiger charge is 2.26. The van der Waals surface area contributed by atoms with Crippen LogP contribution in [0.15, 0.2) is 78.9 Å². The minimum atomic E-state index is -1.15. The highest BCUT2D eigenvalue weighted by molar-refractivity contribution is 6.00. The summed E-state index contributed by atoms with van der Waals surface area (Å²) in [6.45, 7) is 0.0301. The Morgan fingerprint density at radius 2 is 1.76 bits per heavy atom. The number of methoxy groups -OCH3 is 1. The van der Waals surface area contributed by atoms with Gasteiger partial charge in [-0.15, -0.1) is 0 Å². The SMILES string of the molecule is CO[C@H](/C=C/C(=O)O)[C@H](OC(=O)Nc1cccc2ccccc12)c1ccc(OCCO)cc1. The maximum absolute atomic E-state index is 12.8. The molecular weight excluding hydrogens is 426 g/mol. The predicted molar refractivity (Wildman–Crippen MR) is 123 cm³/mol. The fraction of sp³-hybridized carbons (Fsp3) is 0.200. The van der Waals surface area contributed by atoms with Crippen LogP contribution in [0, 0.1) is 0 Å². The van der Waals surface area contributed by atoms with Crippen molar-refractivity contribution >= 4 is 28.5 Å². The molecule has 0 aliphatic rings. The van der Waals surface area contributed by atoms with E-state index in [4.69, 9.17) is 24.4 Å². The van der Waals surface area contributed by atoms with Crippen molar-refractivity contribution in [2.75, 3.05) is 25.6 Å². The second-order valence-electron chi connectivity index (χ2n) is 7.02. The zero-order valence-electron chi connectivity index (χ0n) is 18.0. The number of aliphatic hydroxyl groups is 1. The van der Waals surface area contributed by atoms with E-state index in [0.29, 0.717) is 17.0 Å². The van der Waals surface area contributed by atoms with Crippen LogP contribution < -0.4 is 10.1 Å². The molecule has 172 valence electrons. The standard InChI is InChI=1S/C25H25NO7/c1-31-22(13-14-23(28)29)24(18-9-11-19(12-10-18)32-16-15-27)33-25(30)26-21-8-4-6-17-5-2-3-7-20(17)21/h2-14,22,24,27H,15-16H2,1H3,(H,26,30)(H,28,29)/b14-13+/t22-,24-/m1/s1. The van der Waals surface area contributed by atoms with Crippen LogP contribution in [-0.2, 0) is 14.3 Å². The lowest BCUT2D eigenvalue weighted by atomic mass is 10.0. The van der Waals surface area contributed by atoms with Crippen LogP contribution in [0.1, 0.15) is 11.7 Å². The van der Waals surface area contributed by atoms with E-state index in [1.807, 2.05) is 36.4 Å². The van der Waals surface area contributed by atoms with E-state index in [-0.39, 0.29) is 13.2 Å². The second-order valence-corrected chi connectivity index (χ2v) is 7.02. The van der Waals surface area contributed by atoms with Gasteiger partial charge in [-0.2, -0.15) is 0 Å². The average molecular weight is 451 g/mol. The van der Waals surface area contributed by atoms with Crippen LogP contribution in [-0.4, -0.2) is 48.7 Å². The first-order valence-corrected chi connectivity index (χ1v) is 10.2. The first-order valence-electron chi connectivity index (χ1n) is 10.2. The molecule has 0 saturated carbocycles. The van der Waals surface area contributed by atoms with Gasteiger partial charge in [0, 0.05) is 18.6 Å². The minimum Gasteiger partial charge on any atom is -0.491 e. The number of carboxylic acid groups (broad SMARTS) is 1. The van der Waals surface area contributed by atoms with Crippen LogP contribution in [0.2, 0.25) is 0 Å². The number of nitrogens with one attached hydrogen (secondary N) is 1. The molecule has 0 radical (unpaired) electrons. The van der Waals surface area contributed by atoms with E-state index >= 15 is 0 Å². The van der Waals surface area contributed by atoms with Gasteiger partial charge < -0.3 is 24.4 Å². The van der Waals surface area contributed by atoms with Crippen molar-refractivity contribution in [1.29, 1.82) is 0 Å². The molecule has 0 bridgehead atoms. The van der Waals surface area contributed by atoms with Crippen molar-refractivity contribution in [2.24, 2.45) is 0 Å². The molecule has 3 aromatic rings. The van der Waals surface area contributed by atoms with Gasteiger partial charge in [0.05, 0.1) is 12.3 Å². The highest BCUT2D eigenvalue weighted by atomic mass is 16.6. The molecule has 0 fully saturated rings. The van der Waals surface area contributed by atoms with Crippen LogP contribution in [0.3, 0.4) is 0 Å². The number of carbonyl (C=O) groups excluding carboxylic acids is 1. The first-order chi connectivity index (χ1) is 16.0. The Morgan fingerprint density at radius 1 is 1.03 bits per heavy atom. The van der Waals surface area contributed by atoms with E-state index in [1.165, 1.54) is 13.2 Å². The molecule has 0 saturated heterocycles. The number of benzene rings is 3. The Hall–Kier alpha value is -3.88. The van der Waals surface area contributed by atoms with Gasteiger partial charge >= 0.3 is 12.1 Å². The molecule has 0 unspecified atom stereocenters. The number of aliphatic hydroxyl groups excluding tert-OH is 1. The number of hydrogen-bond donors (Lipinski definition) is 3. The number of amides is 1. The van der Waals surface area contributed by atoms with E-state index in [0.717, 1.165) is 16.8 Å². The molecular formula is C25H25NO7. The summed E-state index contributed by atoms with van der Waals surface area (Å²) in [4.78, 5) is 23.8. The highest BCUT2D eigenvalue weighted by Crippen LogP contribution is 2.28. The lowest BCUT2D eigenvalue weighted by Gasteiger charge is -2.24. The zero-order valence-corrected chi connectivity index (χ0v) is 18.0. The Balaban J connectivity index is 1.85. The molecule has 1 amide bonds. The summed E-state index contributed by atoms with van der Waals surface area (Å²) < 4.78 is 16.5. The van der Waals surface area contributed by atoms with Crippen molar-refractivity contribution in [2.45, 2.75) is 12.2 Å². The summed E-state index contributed by atoms with van der Waals surface area (Å²) >= 11 is 0. The van der Waals surface area contributed by atoms with Crippen LogP contribution in [0.4, 0.5) is 10.5 Å².